The lowest BCUT2D eigenvalue weighted by molar-refractivity contribution is -0.142. The SMILES string of the molecule is CCCCCCCCCCC(CCC)c1ccc(-c2ccccc2C(=O)Oc2ccc3c(c2)CCC(C(=O)O)C3)cc1. The van der Waals surface area contributed by atoms with Gasteiger partial charge in [0.05, 0.1) is 11.5 Å². The summed E-state index contributed by atoms with van der Waals surface area (Å²) in [5, 5.41) is 9.36. The summed E-state index contributed by atoms with van der Waals surface area (Å²) in [5.41, 5.74) is 5.90. The minimum absolute atomic E-state index is 0.341. The Labute approximate surface area is 252 Å². The van der Waals surface area contributed by atoms with Crippen molar-refractivity contribution in [3.05, 3.63) is 89.0 Å². The summed E-state index contributed by atoms with van der Waals surface area (Å²) in [5.74, 6) is -0.385. The van der Waals surface area contributed by atoms with Crippen LogP contribution in [-0.2, 0) is 17.6 Å². The number of carboxylic acid groups (broad SMARTS) is 1. The van der Waals surface area contributed by atoms with Gasteiger partial charge in [0.1, 0.15) is 5.75 Å². The molecule has 4 nitrogen and oxygen atoms in total. The number of benzene rings is 3. The van der Waals surface area contributed by atoms with Gasteiger partial charge >= 0.3 is 11.9 Å². The largest absolute Gasteiger partial charge is 0.481 e. The third-order valence-electron chi connectivity index (χ3n) is 8.85. The van der Waals surface area contributed by atoms with E-state index < -0.39 is 5.97 Å². The van der Waals surface area contributed by atoms with Crippen molar-refractivity contribution in [3.8, 4) is 16.9 Å². The van der Waals surface area contributed by atoms with Crippen molar-refractivity contribution in [2.45, 2.75) is 110 Å². The van der Waals surface area contributed by atoms with Gasteiger partial charge in [-0.3, -0.25) is 4.79 Å². The molecule has 2 atom stereocenters. The molecule has 0 radical (unpaired) electrons. The number of rotatable bonds is 16. The van der Waals surface area contributed by atoms with Crippen LogP contribution in [0.15, 0.2) is 66.7 Å². The number of carboxylic acids is 1. The highest BCUT2D eigenvalue weighted by atomic mass is 16.5. The minimum Gasteiger partial charge on any atom is -0.481 e. The zero-order valence-corrected chi connectivity index (χ0v) is 25.6. The molecule has 1 N–H and O–H groups in total. The molecule has 4 heteroatoms. The zero-order valence-electron chi connectivity index (χ0n) is 25.6. The molecule has 1 aliphatic carbocycles. The molecule has 0 bridgehead atoms. The molecule has 0 aromatic heterocycles. The molecule has 4 rings (SSSR count). The topological polar surface area (TPSA) is 63.6 Å². The number of hydrogen-bond acceptors (Lipinski definition) is 3. The second-order valence-electron chi connectivity index (χ2n) is 12.0. The van der Waals surface area contributed by atoms with Crippen molar-refractivity contribution < 1.29 is 19.4 Å². The Bertz CT molecular complexity index is 1290. The molecule has 0 heterocycles. The van der Waals surface area contributed by atoms with Crippen LogP contribution in [0, 0.1) is 5.92 Å². The number of carbonyl (C=O) groups excluding carboxylic acids is 1. The molecule has 0 saturated heterocycles. The Balaban J connectivity index is 1.38. The van der Waals surface area contributed by atoms with Crippen molar-refractivity contribution in [2.75, 3.05) is 0 Å². The molecule has 0 aliphatic heterocycles. The summed E-state index contributed by atoms with van der Waals surface area (Å²) in [6, 6.07) is 22.0. The summed E-state index contributed by atoms with van der Waals surface area (Å²) >= 11 is 0. The fourth-order valence-corrected chi connectivity index (χ4v) is 6.37. The number of carbonyl (C=O) groups is 2. The summed E-state index contributed by atoms with van der Waals surface area (Å²) < 4.78 is 5.83. The lowest BCUT2D eigenvalue weighted by Crippen LogP contribution is -2.22. The van der Waals surface area contributed by atoms with E-state index in [1.165, 1.54) is 76.2 Å². The van der Waals surface area contributed by atoms with Gasteiger partial charge in [-0.2, -0.15) is 0 Å². The highest BCUT2D eigenvalue weighted by molar-refractivity contribution is 5.98. The Morgan fingerprint density at radius 3 is 2.24 bits per heavy atom. The quantitative estimate of drug-likeness (QED) is 0.106. The summed E-state index contributed by atoms with van der Waals surface area (Å²) in [6.07, 6.45) is 16.2. The zero-order chi connectivity index (χ0) is 29.7. The number of unbranched alkanes of at least 4 members (excludes halogenated alkanes) is 7. The molecule has 0 amide bonds. The van der Waals surface area contributed by atoms with E-state index in [2.05, 4.69) is 38.1 Å². The number of aryl methyl sites for hydroxylation is 1. The van der Waals surface area contributed by atoms with Crippen LogP contribution in [0.2, 0.25) is 0 Å². The first kappa shape index (κ1) is 31.5. The lowest BCUT2D eigenvalue weighted by Gasteiger charge is -2.22. The van der Waals surface area contributed by atoms with Gasteiger partial charge in [-0.25, -0.2) is 4.79 Å². The molecule has 0 fully saturated rings. The van der Waals surface area contributed by atoms with E-state index in [1.807, 2.05) is 36.4 Å². The van der Waals surface area contributed by atoms with E-state index in [-0.39, 0.29) is 11.9 Å². The van der Waals surface area contributed by atoms with Crippen LogP contribution < -0.4 is 4.74 Å². The van der Waals surface area contributed by atoms with Crippen LogP contribution in [0.5, 0.6) is 5.75 Å². The first-order valence-corrected chi connectivity index (χ1v) is 16.3. The number of aliphatic carboxylic acids is 1. The molecule has 1 aliphatic rings. The smallest absolute Gasteiger partial charge is 0.344 e. The monoisotopic (exact) mass is 568 g/mol. The maximum absolute atomic E-state index is 13.3. The summed E-state index contributed by atoms with van der Waals surface area (Å²) in [6.45, 7) is 4.54. The van der Waals surface area contributed by atoms with Crippen LogP contribution in [0.25, 0.3) is 11.1 Å². The molecule has 0 spiro atoms. The number of hydrogen-bond donors (Lipinski definition) is 1. The maximum Gasteiger partial charge on any atom is 0.344 e. The van der Waals surface area contributed by atoms with Crippen LogP contribution in [0.3, 0.4) is 0 Å². The van der Waals surface area contributed by atoms with Gasteiger partial charge in [0, 0.05) is 0 Å². The van der Waals surface area contributed by atoms with Gasteiger partial charge in [0.25, 0.3) is 0 Å². The van der Waals surface area contributed by atoms with Gasteiger partial charge < -0.3 is 9.84 Å². The first-order chi connectivity index (χ1) is 20.5. The van der Waals surface area contributed by atoms with Gasteiger partial charge in [-0.1, -0.05) is 120 Å². The summed E-state index contributed by atoms with van der Waals surface area (Å²) in [4.78, 5) is 24.7. The van der Waals surface area contributed by atoms with Crippen LogP contribution in [0.4, 0.5) is 0 Å². The summed E-state index contributed by atoms with van der Waals surface area (Å²) in [7, 11) is 0. The lowest BCUT2D eigenvalue weighted by atomic mass is 9.84. The standard InChI is InChI=1S/C38H48O4/c1-3-5-6-7-8-9-10-11-15-28(14-4-2)29-18-20-30(21-19-29)35-16-12-13-17-36(35)38(41)42-34-25-24-31-26-33(37(39)40)23-22-32(31)27-34/h12-13,16-21,24-25,27-28,33H,3-11,14-15,22-23,26H2,1-2H3,(H,39,40). The molecule has 0 saturated carbocycles. The van der Waals surface area contributed by atoms with Gasteiger partial charge in [0.2, 0.25) is 0 Å². The predicted molar refractivity (Wildman–Crippen MR) is 171 cm³/mol. The molecule has 2 unspecified atom stereocenters. The number of fused-ring (bicyclic) bond motifs is 1. The van der Waals surface area contributed by atoms with E-state index in [4.69, 9.17) is 4.74 Å². The molecular formula is C38H48O4. The van der Waals surface area contributed by atoms with E-state index in [1.54, 1.807) is 6.07 Å². The Hall–Kier alpha value is -3.40. The molecule has 3 aromatic carbocycles. The van der Waals surface area contributed by atoms with E-state index in [9.17, 15) is 14.7 Å². The third kappa shape index (κ3) is 8.80. The van der Waals surface area contributed by atoms with Crippen molar-refractivity contribution in [1.82, 2.24) is 0 Å². The first-order valence-electron chi connectivity index (χ1n) is 16.3. The maximum atomic E-state index is 13.3. The van der Waals surface area contributed by atoms with E-state index >= 15 is 0 Å². The van der Waals surface area contributed by atoms with Gasteiger partial charge in [0.15, 0.2) is 0 Å². The molecular weight excluding hydrogens is 520 g/mol. The molecule has 3 aromatic rings. The Morgan fingerprint density at radius 1 is 0.810 bits per heavy atom. The number of ether oxygens (including phenoxy) is 1. The third-order valence-corrected chi connectivity index (χ3v) is 8.85. The number of esters is 1. The minimum atomic E-state index is -0.745. The van der Waals surface area contributed by atoms with Crippen molar-refractivity contribution in [1.29, 1.82) is 0 Å². The normalized spacial score (nSPS) is 15.1. The average Bonchev–Trinajstić information content (AvgIpc) is 3.01. The van der Waals surface area contributed by atoms with Crippen LogP contribution in [0.1, 0.15) is 124 Å². The van der Waals surface area contributed by atoms with E-state index in [0.29, 0.717) is 36.5 Å². The Kier molecular flexibility index (Phi) is 12.2. The highest BCUT2D eigenvalue weighted by Crippen LogP contribution is 2.32. The van der Waals surface area contributed by atoms with Crippen LogP contribution >= 0.6 is 0 Å². The van der Waals surface area contributed by atoms with Crippen molar-refractivity contribution in [2.24, 2.45) is 5.92 Å². The fourth-order valence-electron chi connectivity index (χ4n) is 6.37. The van der Waals surface area contributed by atoms with Crippen molar-refractivity contribution >= 4 is 11.9 Å². The Morgan fingerprint density at radius 2 is 1.52 bits per heavy atom. The molecule has 224 valence electrons. The van der Waals surface area contributed by atoms with Gasteiger partial charge in [-0.15, -0.1) is 0 Å². The second-order valence-corrected chi connectivity index (χ2v) is 12.0. The predicted octanol–water partition coefficient (Wildman–Crippen LogP) is 10.2. The second kappa shape index (κ2) is 16.3. The fraction of sp³-hybridized carbons (Fsp3) is 0.474. The van der Waals surface area contributed by atoms with Crippen molar-refractivity contribution in [3.63, 3.8) is 0 Å². The average molecular weight is 569 g/mol. The highest BCUT2D eigenvalue weighted by Gasteiger charge is 2.25. The van der Waals surface area contributed by atoms with Gasteiger partial charge in [-0.05, 0) is 84.0 Å². The van der Waals surface area contributed by atoms with Crippen LogP contribution in [-0.4, -0.2) is 17.0 Å². The van der Waals surface area contributed by atoms with E-state index in [0.717, 1.165) is 22.3 Å². The molecule has 42 heavy (non-hydrogen) atoms.